The zero-order valence-electron chi connectivity index (χ0n) is 9.47. The summed E-state index contributed by atoms with van der Waals surface area (Å²) in [6, 6.07) is -0.546. The molecule has 0 aliphatic heterocycles. The number of carbonyl (C=O) groups excluding carboxylic acids is 3. The summed E-state index contributed by atoms with van der Waals surface area (Å²) in [6.45, 7) is 0. The second-order valence-electron chi connectivity index (χ2n) is 4.14. The molecule has 0 radical (unpaired) electrons. The van der Waals surface area contributed by atoms with Gasteiger partial charge < -0.3 is 9.88 Å². The number of ketones is 2. The van der Waals surface area contributed by atoms with Gasteiger partial charge in [0.2, 0.25) is 0 Å². The molecule has 0 aromatic carbocycles. The molecule has 0 spiro atoms. The number of Topliss-reactive ketones (excluding diaryl/α,β-unsaturated/α-hetero) is 2. The summed E-state index contributed by atoms with van der Waals surface area (Å²) in [5.41, 5.74) is 0.398. The highest BCUT2D eigenvalue weighted by Crippen LogP contribution is 2.12. The molecule has 1 atom stereocenters. The van der Waals surface area contributed by atoms with Gasteiger partial charge in [-0.15, -0.1) is 0 Å². The number of nitrogens with zero attached hydrogens (tertiary/aromatic N) is 2. The normalized spacial score (nSPS) is 20.4. The highest BCUT2D eigenvalue weighted by Gasteiger charge is 2.28. The van der Waals surface area contributed by atoms with E-state index in [0.717, 1.165) is 0 Å². The van der Waals surface area contributed by atoms with Crippen molar-refractivity contribution < 1.29 is 14.4 Å². The average molecular weight is 235 g/mol. The van der Waals surface area contributed by atoms with E-state index in [-0.39, 0.29) is 23.9 Å². The minimum absolute atomic E-state index is 0.0546. The number of rotatable bonds is 2. The third kappa shape index (κ3) is 2.41. The fraction of sp³-hybridized carbons (Fsp3) is 0.455. The summed E-state index contributed by atoms with van der Waals surface area (Å²) < 4.78 is 1.58. The van der Waals surface area contributed by atoms with Crippen LogP contribution in [0.4, 0.5) is 0 Å². The van der Waals surface area contributed by atoms with Crippen molar-refractivity contribution in [2.75, 3.05) is 0 Å². The second-order valence-corrected chi connectivity index (χ2v) is 4.14. The first-order valence-electron chi connectivity index (χ1n) is 5.39. The van der Waals surface area contributed by atoms with Crippen LogP contribution >= 0.6 is 0 Å². The minimum Gasteiger partial charge on any atom is -0.341 e. The summed E-state index contributed by atoms with van der Waals surface area (Å²) >= 11 is 0. The first kappa shape index (κ1) is 11.5. The lowest BCUT2D eigenvalue weighted by Crippen LogP contribution is -2.44. The molecule has 6 heteroatoms. The molecule has 1 amide bonds. The van der Waals surface area contributed by atoms with Crippen LogP contribution in [0.3, 0.4) is 0 Å². The van der Waals surface area contributed by atoms with Gasteiger partial charge in [-0.2, -0.15) is 0 Å². The van der Waals surface area contributed by atoms with E-state index in [9.17, 15) is 14.4 Å². The lowest BCUT2D eigenvalue weighted by molar-refractivity contribution is -0.131. The topological polar surface area (TPSA) is 81.1 Å². The van der Waals surface area contributed by atoms with Gasteiger partial charge in [0.05, 0.1) is 25.0 Å². The summed E-state index contributed by atoms with van der Waals surface area (Å²) in [5.74, 6) is -0.601. The standard InChI is InChI=1S/C11H13N3O3/c1-14-6-12-5-9(14)11(17)13-8-3-2-7(15)4-10(8)16/h5-6,8H,2-4H2,1H3,(H,13,17). The maximum Gasteiger partial charge on any atom is 0.270 e. The molecular weight excluding hydrogens is 222 g/mol. The number of nitrogens with one attached hydrogen (secondary N) is 1. The number of imidazole rings is 1. The molecule has 90 valence electrons. The Labute approximate surface area is 98.0 Å². The van der Waals surface area contributed by atoms with E-state index in [0.29, 0.717) is 18.5 Å². The van der Waals surface area contributed by atoms with Gasteiger partial charge in [0.25, 0.3) is 5.91 Å². The maximum absolute atomic E-state index is 11.8. The molecule has 0 bridgehead atoms. The van der Waals surface area contributed by atoms with Crippen LogP contribution in [0.15, 0.2) is 12.5 Å². The smallest absolute Gasteiger partial charge is 0.270 e. The number of hydrogen-bond donors (Lipinski definition) is 1. The summed E-state index contributed by atoms with van der Waals surface area (Å²) in [5, 5.41) is 2.63. The van der Waals surface area contributed by atoms with E-state index >= 15 is 0 Å². The van der Waals surface area contributed by atoms with Crippen LogP contribution < -0.4 is 5.32 Å². The predicted molar refractivity (Wildman–Crippen MR) is 58.3 cm³/mol. The first-order valence-corrected chi connectivity index (χ1v) is 5.39. The summed E-state index contributed by atoms with van der Waals surface area (Å²) in [6.07, 6.45) is 3.62. The van der Waals surface area contributed by atoms with Gasteiger partial charge in [0.1, 0.15) is 11.5 Å². The Morgan fingerprint density at radius 3 is 2.88 bits per heavy atom. The Kier molecular flexibility index (Phi) is 3.03. The van der Waals surface area contributed by atoms with Gasteiger partial charge in [0.15, 0.2) is 5.78 Å². The Hall–Kier alpha value is -1.98. The highest BCUT2D eigenvalue weighted by molar-refractivity contribution is 6.06. The van der Waals surface area contributed by atoms with E-state index in [1.54, 1.807) is 11.6 Å². The SMILES string of the molecule is Cn1cncc1C(=O)NC1CCC(=O)CC1=O. The molecule has 1 N–H and O–H groups in total. The molecule has 17 heavy (non-hydrogen) atoms. The van der Waals surface area contributed by atoms with Crippen molar-refractivity contribution >= 4 is 17.5 Å². The van der Waals surface area contributed by atoms with E-state index in [1.807, 2.05) is 0 Å². The number of aromatic nitrogens is 2. The van der Waals surface area contributed by atoms with Crippen LogP contribution in [0.5, 0.6) is 0 Å². The molecule has 1 heterocycles. The average Bonchev–Trinajstić information content (AvgIpc) is 2.68. The van der Waals surface area contributed by atoms with Crippen LogP contribution in [0.1, 0.15) is 29.8 Å². The fourth-order valence-electron chi connectivity index (χ4n) is 1.83. The van der Waals surface area contributed by atoms with E-state index < -0.39 is 6.04 Å². The fourth-order valence-corrected chi connectivity index (χ4v) is 1.83. The molecule has 6 nitrogen and oxygen atoms in total. The van der Waals surface area contributed by atoms with Crippen LogP contribution in [0.25, 0.3) is 0 Å². The number of hydrogen-bond acceptors (Lipinski definition) is 4. The molecule has 0 saturated heterocycles. The molecule has 1 aromatic heterocycles. The molecule has 1 aromatic rings. The van der Waals surface area contributed by atoms with Crippen LogP contribution in [0, 0.1) is 0 Å². The lowest BCUT2D eigenvalue weighted by atomic mass is 9.93. The molecule has 1 fully saturated rings. The second kappa shape index (κ2) is 4.48. The molecule has 1 aliphatic rings. The van der Waals surface area contributed by atoms with Crippen molar-refractivity contribution in [2.24, 2.45) is 7.05 Å². The molecular formula is C11H13N3O3. The Bertz CT molecular complexity index is 478. The van der Waals surface area contributed by atoms with Crippen molar-refractivity contribution in [3.8, 4) is 0 Å². The number of aryl methyl sites for hydroxylation is 1. The largest absolute Gasteiger partial charge is 0.341 e. The van der Waals surface area contributed by atoms with E-state index in [4.69, 9.17) is 0 Å². The molecule has 1 aliphatic carbocycles. The third-order valence-electron chi connectivity index (χ3n) is 2.83. The van der Waals surface area contributed by atoms with Crippen LogP contribution in [-0.4, -0.2) is 33.1 Å². The highest BCUT2D eigenvalue weighted by atomic mass is 16.2. The molecule has 1 unspecified atom stereocenters. The van der Waals surface area contributed by atoms with Crippen LogP contribution in [0.2, 0.25) is 0 Å². The lowest BCUT2D eigenvalue weighted by Gasteiger charge is -2.20. The van der Waals surface area contributed by atoms with Crippen molar-refractivity contribution in [2.45, 2.75) is 25.3 Å². The monoisotopic (exact) mass is 235 g/mol. The van der Waals surface area contributed by atoms with Crippen molar-refractivity contribution in [3.63, 3.8) is 0 Å². The van der Waals surface area contributed by atoms with Gasteiger partial charge >= 0.3 is 0 Å². The van der Waals surface area contributed by atoms with Crippen molar-refractivity contribution in [1.29, 1.82) is 0 Å². The Morgan fingerprint density at radius 1 is 1.53 bits per heavy atom. The quantitative estimate of drug-likeness (QED) is 0.722. The van der Waals surface area contributed by atoms with Crippen LogP contribution in [-0.2, 0) is 16.6 Å². The third-order valence-corrected chi connectivity index (χ3v) is 2.83. The zero-order valence-corrected chi connectivity index (χ0v) is 9.47. The van der Waals surface area contributed by atoms with Gasteiger partial charge in [0, 0.05) is 13.5 Å². The van der Waals surface area contributed by atoms with E-state index in [1.165, 1.54) is 12.5 Å². The van der Waals surface area contributed by atoms with E-state index in [2.05, 4.69) is 10.3 Å². The van der Waals surface area contributed by atoms with Gasteiger partial charge in [-0.25, -0.2) is 4.98 Å². The minimum atomic E-state index is -0.546. The molecule has 1 saturated carbocycles. The predicted octanol–water partition coefficient (Wildman–Crippen LogP) is -0.159. The van der Waals surface area contributed by atoms with Gasteiger partial charge in [-0.3, -0.25) is 14.4 Å². The summed E-state index contributed by atoms with van der Waals surface area (Å²) in [7, 11) is 1.70. The van der Waals surface area contributed by atoms with Gasteiger partial charge in [-0.1, -0.05) is 0 Å². The Morgan fingerprint density at radius 2 is 2.29 bits per heavy atom. The van der Waals surface area contributed by atoms with Crippen molar-refractivity contribution in [1.82, 2.24) is 14.9 Å². The number of amides is 1. The Balaban J connectivity index is 2.02. The zero-order chi connectivity index (χ0) is 12.4. The molecule has 2 rings (SSSR count). The number of carbonyl (C=O) groups is 3. The maximum atomic E-state index is 11.8. The summed E-state index contributed by atoms with van der Waals surface area (Å²) in [4.78, 5) is 38.2. The van der Waals surface area contributed by atoms with Gasteiger partial charge in [-0.05, 0) is 6.42 Å². The first-order chi connectivity index (χ1) is 8.08. The van der Waals surface area contributed by atoms with Crippen molar-refractivity contribution in [3.05, 3.63) is 18.2 Å².